The van der Waals surface area contributed by atoms with Crippen LogP contribution in [0.4, 0.5) is 9.93 Å². The molecule has 0 bridgehead atoms. The van der Waals surface area contributed by atoms with Crippen LogP contribution in [0.15, 0.2) is 5.38 Å². The van der Waals surface area contributed by atoms with Crippen LogP contribution in [0.5, 0.6) is 0 Å². The Morgan fingerprint density at radius 3 is 2.57 bits per heavy atom. The molecule has 1 aromatic heterocycles. The number of aryl methyl sites for hydroxylation is 1. The Hall–Kier alpha value is -1.83. The smallest absolute Gasteiger partial charge is 0.408 e. The number of nitrogens with zero attached hydrogens (tertiary/aromatic N) is 1. The summed E-state index contributed by atoms with van der Waals surface area (Å²) < 4.78 is 5.08. The Bertz CT molecular complexity index is 537. The second-order valence-corrected chi connectivity index (χ2v) is 7.38. The third kappa shape index (κ3) is 7.83. The molecule has 1 aromatic rings. The molecule has 130 valence electrons. The van der Waals surface area contributed by atoms with Gasteiger partial charge in [0.05, 0.1) is 5.69 Å². The number of anilines is 1. The zero-order chi connectivity index (χ0) is 17.6. The van der Waals surface area contributed by atoms with E-state index in [-0.39, 0.29) is 12.5 Å². The number of carboxylic acids is 1. The van der Waals surface area contributed by atoms with Gasteiger partial charge in [-0.3, -0.25) is 0 Å². The van der Waals surface area contributed by atoms with Crippen LogP contribution < -0.4 is 10.6 Å². The number of rotatable bonds is 7. The molecule has 0 saturated heterocycles. The molecule has 1 heterocycles. The van der Waals surface area contributed by atoms with Crippen molar-refractivity contribution in [2.75, 3.05) is 5.32 Å². The van der Waals surface area contributed by atoms with Crippen LogP contribution in [-0.2, 0) is 16.0 Å². The predicted octanol–water partition coefficient (Wildman–Crippen LogP) is 2.87. The fourth-order valence-corrected chi connectivity index (χ4v) is 2.63. The summed E-state index contributed by atoms with van der Waals surface area (Å²) in [6, 6.07) is -0.720. The number of alkyl carbamates (subject to hydrolysis) is 1. The molecule has 0 radical (unpaired) electrons. The molecule has 1 unspecified atom stereocenters. The van der Waals surface area contributed by atoms with Gasteiger partial charge in [0.1, 0.15) is 11.6 Å². The SMILES string of the molecule is CC(C)Nc1nc(CCC(NC(=O)OC(C)(C)C)C(=O)O)cs1. The highest BCUT2D eigenvalue weighted by molar-refractivity contribution is 7.13. The highest BCUT2D eigenvalue weighted by Crippen LogP contribution is 2.18. The molecule has 0 saturated carbocycles. The molecule has 3 N–H and O–H groups in total. The molecule has 0 aliphatic carbocycles. The highest BCUT2D eigenvalue weighted by Gasteiger charge is 2.24. The standard InChI is InChI=1S/C15H25N3O4S/c1-9(2)16-13-17-10(8-23-13)6-7-11(12(19)20)18-14(21)22-15(3,4)5/h8-9,11H,6-7H2,1-5H3,(H,16,17)(H,18,21)(H,19,20). The van der Waals surface area contributed by atoms with E-state index in [1.54, 1.807) is 20.8 Å². The van der Waals surface area contributed by atoms with Crippen LogP contribution in [0.25, 0.3) is 0 Å². The highest BCUT2D eigenvalue weighted by atomic mass is 32.1. The Morgan fingerprint density at radius 2 is 2.04 bits per heavy atom. The summed E-state index contributed by atoms with van der Waals surface area (Å²) >= 11 is 1.48. The number of aromatic nitrogens is 1. The van der Waals surface area contributed by atoms with Gasteiger partial charge in [0.2, 0.25) is 0 Å². The number of hydrogen-bond donors (Lipinski definition) is 3. The van der Waals surface area contributed by atoms with E-state index in [9.17, 15) is 14.7 Å². The van der Waals surface area contributed by atoms with Crippen molar-refractivity contribution in [3.05, 3.63) is 11.1 Å². The van der Waals surface area contributed by atoms with E-state index in [2.05, 4.69) is 15.6 Å². The first-order valence-corrected chi connectivity index (χ1v) is 8.38. The maximum atomic E-state index is 11.7. The van der Waals surface area contributed by atoms with Crippen LogP contribution in [0.1, 0.15) is 46.7 Å². The van der Waals surface area contributed by atoms with Crippen molar-refractivity contribution in [3.8, 4) is 0 Å². The monoisotopic (exact) mass is 343 g/mol. The van der Waals surface area contributed by atoms with Crippen molar-refractivity contribution >= 4 is 28.5 Å². The summed E-state index contributed by atoms with van der Waals surface area (Å²) in [7, 11) is 0. The van der Waals surface area contributed by atoms with Crippen molar-refractivity contribution < 1.29 is 19.4 Å². The topological polar surface area (TPSA) is 101 Å². The summed E-state index contributed by atoms with van der Waals surface area (Å²) in [6.07, 6.45) is -0.0204. The molecular formula is C15H25N3O4S. The second kappa shape index (κ2) is 8.14. The van der Waals surface area contributed by atoms with Gasteiger partial charge in [0.25, 0.3) is 0 Å². The Labute approximate surface area is 140 Å². The fraction of sp³-hybridized carbons (Fsp3) is 0.667. The summed E-state index contributed by atoms with van der Waals surface area (Å²) in [5, 5.41) is 17.5. The lowest BCUT2D eigenvalue weighted by atomic mass is 10.1. The third-order valence-corrected chi connectivity index (χ3v) is 3.46. The molecule has 1 amide bonds. The molecule has 0 spiro atoms. The quantitative estimate of drug-likeness (QED) is 0.704. The number of carbonyl (C=O) groups is 2. The minimum Gasteiger partial charge on any atom is -0.480 e. The number of hydrogen-bond acceptors (Lipinski definition) is 6. The molecule has 23 heavy (non-hydrogen) atoms. The van der Waals surface area contributed by atoms with Crippen LogP contribution >= 0.6 is 11.3 Å². The lowest BCUT2D eigenvalue weighted by Crippen LogP contribution is -2.43. The van der Waals surface area contributed by atoms with Gasteiger partial charge < -0.3 is 20.5 Å². The average molecular weight is 343 g/mol. The van der Waals surface area contributed by atoms with Gasteiger partial charge in [0, 0.05) is 11.4 Å². The Morgan fingerprint density at radius 1 is 1.39 bits per heavy atom. The van der Waals surface area contributed by atoms with E-state index in [0.717, 1.165) is 10.8 Å². The van der Waals surface area contributed by atoms with Gasteiger partial charge in [-0.15, -0.1) is 11.3 Å². The first kappa shape index (κ1) is 19.2. The minimum atomic E-state index is -1.09. The lowest BCUT2D eigenvalue weighted by Gasteiger charge is -2.21. The van der Waals surface area contributed by atoms with Crippen LogP contribution in [0.2, 0.25) is 0 Å². The van der Waals surface area contributed by atoms with Gasteiger partial charge in [-0.2, -0.15) is 0 Å². The van der Waals surface area contributed by atoms with Crippen molar-refractivity contribution in [2.24, 2.45) is 0 Å². The van der Waals surface area contributed by atoms with Gasteiger partial charge in [-0.1, -0.05) is 0 Å². The minimum absolute atomic E-state index is 0.249. The summed E-state index contributed by atoms with van der Waals surface area (Å²) in [4.78, 5) is 27.4. The molecule has 0 aliphatic heterocycles. The molecule has 7 nitrogen and oxygen atoms in total. The van der Waals surface area contributed by atoms with Crippen molar-refractivity contribution in [3.63, 3.8) is 0 Å². The third-order valence-electron chi connectivity index (χ3n) is 2.64. The molecule has 1 atom stereocenters. The second-order valence-electron chi connectivity index (χ2n) is 6.52. The van der Waals surface area contributed by atoms with Crippen LogP contribution in [0, 0.1) is 0 Å². The first-order valence-electron chi connectivity index (χ1n) is 7.50. The fourth-order valence-electron chi connectivity index (χ4n) is 1.73. The number of carbonyl (C=O) groups excluding carboxylic acids is 1. The predicted molar refractivity (Wildman–Crippen MR) is 90.0 cm³/mol. The van der Waals surface area contributed by atoms with Gasteiger partial charge in [-0.05, 0) is 47.5 Å². The van der Waals surface area contributed by atoms with E-state index in [4.69, 9.17) is 4.74 Å². The number of thiazole rings is 1. The molecule has 0 fully saturated rings. The van der Waals surface area contributed by atoms with Crippen molar-refractivity contribution in [1.29, 1.82) is 0 Å². The van der Waals surface area contributed by atoms with Gasteiger partial charge in [-0.25, -0.2) is 14.6 Å². The molecular weight excluding hydrogens is 318 g/mol. The first-order chi connectivity index (χ1) is 10.6. The number of aliphatic carboxylic acids is 1. The van der Waals surface area contributed by atoms with Crippen molar-refractivity contribution in [2.45, 2.75) is 65.1 Å². The number of ether oxygens (including phenoxy) is 1. The van der Waals surface area contributed by atoms with Crippen LogP contribution in [-0.4, -0.2) is 39.8 Å². The van der Waals surface area contributed by atoms with Crippen LogP contribution in [0.3, 0.4) is 0 Å². The maximum absolute atomic E-state index is 11.7. The number of nitrogens with one attached hydrogen (secondary N) is 2. The molecule has 0 aromatic carbocycles. The summed E-state index contributed by atoms with van der Waals surface area (Å²) in [6.45, 7) is 9.21. The van der Waals surface area contributed by atoms with Gasteiger partial charge in [0.15, 0.2) is 5.13 Å². The Balaban J connectivity index is 2.55. The maximum Gasteiger partial charge on any atom is 0.408 e. The van der Waals surface area contributed by atoms with E-state index in [1.165, 1.54) is 11.3 Å². The van der Waals surface area contributed by atoms with E-state index in [1.807, 2.05) is 19.2 Å². The van der Waals surface area contributed by atoms with E-state index < -0.39 is 23.7 Å². The zero-order valence-corrected chi connectivity index (χ0v) is 15.0. The Kier molecular flexibility index (Phi) is 6.80. The van der Waals surface area contributed by atoms with E-state index >= 15 is 0 Å². The molecule has 8 heteroatoms. The summed E-state index contributed by atoms with van der Waals surface area (Å²) in [5.74, 6) is -1.09. The largest absolute Gasteiger partial charge is 0.480 e. The molecule has 0 aliphatic rings. The molecule has 1 rings (SSSR count). The van der Waals surface area contributed by atoms with Gasteiger partial charge >= 0.3 is 12.1 Å². The normalized spacial score (nSPS) is 12.8. The average Bonchev–Trinajstić information content (AvgIpc) is 2.78. The zero-order valence-electron chi connectivity index (χ0n) is 14.2. The number of amides is 1. The van der Waals surface area contributed by atoms with Crippen molar-refractivity contribution in [1.82, 2.24) is 10.3 Å². The number of carboxylic acid groups (broad SMARTS) is 1. The summed E-state index contributed by atoms with van der Waals surface area (Å²) in [5.41, 5.74) is 0.134. The lowest BCUT2D eigenvalue weighted by molar-refractivity contribution is -0.139. The van der Waals surface area contributed by atoms with E-state index in [0.29, 0.717) is 6.42 Å².